The van der Waals surface area contributed by atoms with E-state index in [2.05, 4.69) is 5.32 Å². The molecular formula is C8H15NO3. The molecule has 0 amide bonds. The minimum Gasteiger partial charge on any atom is -0.478 e. The predicted molar refractivity (Wildman–Crippen MR) is 45.9 cm³/mol. The Bertz CT molecular complexity index is 156. The minimum absolute atomic E-state index is 0.344. The van der Waals surface area contributed by atoms with Crippen molar-refractivity contribution in [2.24, 2.45) is 0 Å². The van der Waals surface area contributed by atoms with Gasteiger partial charge in [-0.2, -0.15) is 0 Å². The Morgan fingerprint density at radius 2 is 2.33 bits per heavy atom. The lowest BCUT2D eigenvalue weighted by atomic mass is 10.3. The lowest BCUT2D eigenvalue weighted by Crippen LogP contribution is -2.26. The van der Waals surface area contributed by atoms with Crippen LogP contribution in [0.3, 0.4) is 0 Å². The van der Waals surface area contributed by atoms with Gasteiger partial charge in [0.25, 0.3) is 0 Å². The lowest BCUT2D eigenvalue weighted by molar-refractivity contribution is -0.131. The van der Waals surface area contributed by atoms with Gasteiger partial charge in [-0.1, -0.05) is 13.0 Å². The quantitative estimate of drug-likeness (QED) is 0.390. The molecule has 0 radical (unpaired) electrons. The van der Waals surface area contributed by atoms with Gasteiger partial charge < -0.3 is 15.5 Å². The molecule has 0 saturated heterocycles. The molecule has 0 aromatic heterocycles. The van der Waals surface area contributed by atoms with Gasteiger partial charge in [-0.25, -0.2) is 4.79 Å². The maximum absolute atomic E-state index is 9.99. The van der Waals surface area contributed by atoms with Crippen LogP contribution >= 0.6 is 0 Å². The monoisotopic (exact) mass is 173 g/mol. The molecule has 0 aliphatic rings. The maximum atomic E-state index is 9.99. The van der Waals surface area contributed by atoms with Crippen LogP contribution in [0, 0.1) is 0 Å². The average Bonchev–Trinajstić information content (AvgIpc) is 2.03. The first kappa shape index (κ1) is 11.1. The Labute approximate surface area is 71.9 Å². The Kier molecular flexibility index (Phi) is 6.32. The van der Waals surface area contributed by atoms with Crippen molar-refractivity contribution >= 4 is 5.97 Å². The van der Waals surface area contributed by atoms with Crippen LogP contribution in [0.4, 0.5) is 0 Å². The van der Waals surface area contributed by atoms with Gasteiger partial charge in [-0.15, -0.1) is 0 Å². The van der Waals surface area contributed by atoms with Gasteiger partial charge in [0, 0.05) is 19.2 Å². The third-order valence-electron chi connectivity index (χ3n) is 1.37. The molecule has 0 saturated carbocycles. The van der Waals surface area contributed by atoms with Gasteiger partial charge >= 0.3 is 5.97 Å². The van der Waals surface area contributed by atoms with Gasteiger partial charge in [0.15, 0.2) is 0 Å². The van der Waals surface area contributed by atoms with E-state index < -0.39 is 5.97 Å². The van der Waals surface area contributed by atoms with Crippen LogP contribution in [0.25, 0.3) is 0 Å². The van der Waals surface area contributed by atoms with Gasteiger partial charge in [0.2, 0.25) is 0 Å². The number of hydrogen-bond donors (Lipinski definition) is 3. The second-order valence-corrected chi connectivity index (χ2v) is 2.46. The fraction of sp³-hybridized carbons (Fsp3) is 0.625. The number of nitrogens with one attached hydrogen (secondary N) is 1. The van der Waals surface area contributed by atoms with Crippen molar-refractivity contribution in [2.45, 2.75) is 19.4 Å². The summed E-state index contributed by atoms with van der Waals surface area (Å²) in [6.45, 7) is 2.86. The molecule has 3 N–H and O–H groups in total. The van der Waals surface area contributed by atoms with E-state index >= 15 is 0 Å². The molecule has 0 bridgehead atoms. The normalized spacial score (nSPS) is 13.5. The fourth-order valence-corrected chi connectivity index (χ4v) is 0.637. The zero-order valence-electron chi connectivity index (χ0n) is 7.16. The molecule has 0 heterocycles. The molecular weight excluding hydrogens is 158 g/mol. The molecule has 0 aliphatic carbocycles. The number of aliphatic hydroxyl groups is 1. The number of aliphatic carboxylic acids is 1. The summed E-state index contributed by atoms with van der Waals surface area (Å²) in [7, 11) is 0. The number of aliphatic hydroxyl groups excluding tert-OH is 1. The Morgan fingerprint density at radius 3 is 2.83 bits per heavy atom. The molecule has 4 heteroatoms. The minimum atomic E-state index is -0.951. The van der Waals surface area contributed by atoms with Gasteiger partial charge in [0.05, 0.1) is 6.10 Å². The Hall–Kier alpha value is -0.870. The summed E-state index contributed by atoms with van der Waals surface area (Å²) in [5, 5.41) is 20.2. The second kappa shape index (κ2) is 6.82. The van der Waals surface area contributed by atoms with E-state index in [-0.39, 0.29) is 6.10 Å². The molecule has 0 aliphatic heterocycles. The van der Waals surface area contributed by atoms with Crippen LogP contribution in [0.5, 0.6) is 0 Å². The number of hydrogen-bond acceptors (Lipinski definition) is 3. The van der Waals surface area contributed by atoms with E-state index in [1.165, 1.54) is 6.08 Å². The number of carbonyl (C=O) groups is 1. The molecule has 0 spiro atoms. The highest BCUT2D eigenvalue weighted by atomic mass is 16.4. The summed E-state index contributed by atoms with van der Waals surface area (Å²) in [4.78, 5) is 9.99. The summed E-state index contributed by atoms with van der Waals surface area (Å²) in [6.07, 6.45) is 2.94. The zero-order valence-corrected chi connectivity index (χ0v) is 7.16. The summed E-state index contributed by atoms with van der Waals surface area (Å²) in [5.41, 5.74) is 0. The van der Waals surface area contributed by atoms with Gasteiger partial charge in [0.1, 0.15) is 0 Å². The SMILES string of the molecule is CCC(O)CNC/C=C/C(=O)O. The van der Waals surface area contributed by atoms with E-state index in [1.54, 1.807) is 0 Å². The molecule has 0 fully saturated rings. The van der Waals surface area contributed by atoms with Crippen molar-refractivity contribution in [3.63, 3.8) is 0 Å². The van der Waals surface area contributed by atoms with E-state index in [9.17, 15) is 4.79 Å². The highest BCUT2D eigenvalue weighted by Gasteiger charge is 1.96. The van der Waals surface area contributed by atoms with Crippen LogP contribution in [-0.4, -0.2) is 35.4 Å². The van der Waals surface area contributed by atoms with Gasteiger partial charge in [-0.05, 0) is 6.42 Å². The first-order chi connectivity index (χ1) is 5.66. The summed E-state index contributed by atoms with van der Waals surface area (Å²) in [5.74, 6) is -0.951. The molecule has 1 atom stereocenters. The molecule has 12 heavy (non-hydrogen) atoms. The van der Waals surface area contributed by atoms with E-state index in [1.807, 2.05) is 6.92 Å². The summed E-state index contributed by atoms with van der Waals surface area (Å²) >= 11 is 0. The van der Waals surface area contributed by atoms with Crippen molar-refractivity contribution in [3.05, 3.63) is 12.2 Å². The lowest BCUT2D eigenvalue weighted by Gasteiger charge is -2.06. The van der Waals surface area contributed by atoms with Gasteiger partial charge in [-0.3, -0.25) is 0 Å². The number of rotatable bonds is 6. The van der Waals surface area contributed by atoms with Crippen LogP contribution in [0.15, 0.2) is 12.2 Å². The second-order valence-electron chi connectivity index (χ2n) is 2.46. The number of carboxylic acids is 1. The molecule has 0 aromatic carbocycles. The predicted octanol–water partition coefficient (Wildman–Crippen LogP) is -0.0123. The highest BCUT2D eigenvalue weighted by Crippen LogP contribution is 1.85. The van der Waals surface area contributed by atoms with Crippen molar-refractivity contribution in [1.82, 2.24) is 5.32 Å². The fourth-order valence-electron chi connectivity index (χ4n) is 0.637. The molecule has 0 rings (SSSR count). The smallest absolute Gasteiger partial charge is 0.328 e. The van der Waals surface area contributed by atoms with E-state index in [0.717, 1.165) is 6.08 Å². The van der Waals surface area contributed by atoms with E-state index in [0.29, 0.717) is 19.5 Å². The van der Waals surface area contributed by atoms with Crippen LogP contribution in [-0.2, 0) is 4.79 Å². The molecule has 1 unspecified atom stereocenters. The third kappa shape index (κ3) is 7.24. The van der Waals surface area contributed by atoms with Crippen LogP contribution in [0.2, 0.25) is 0 Å². The summed E-state index contributed by atoms with van der Waals surface area (Å²) < 4.78 is 0. The molecule has 4 nitrogen and oxygen atoms in total. The molecule has 70 valence electrons. The Balaban J connectivity index is 3.26. The Morgan fingerprint density at radius 1 is 1.67 bits per heavy atom. The topological polar surface area (TPSA) is 69.6 Å². The average molecular weight is 173 g/mol. The summed E-state index contributed by atoms with van der Waals surface area (Å²) in [6, 6.07) is 0. The highest BCUT2D eigenvalue weighted by molar-refractivity contribution is 5.79. The van der Waals surface area contributed by atoms with Crippen molar-refractivity contribution < 1.29 is 15.0 Å². The molecule has 0 aromatic rings. The maximum Gasteiger partial charge on any atom is 0.328 e. The van der Waals surface area contributed by atoms with E-state index in [4.69, 9.17) is 10.2 Å². The first-order valence-electron chi connectivity index (χ1n) is 3.95. The number of carboxylic acid groups (broad SMARTS) is 1. The standard InChI is InChI=1S/C8H15NO3/c1-2-7(10)6-9-5-3-4-8(11)12/h3-4,7,9-10H,2,5-6H2,1H3,(H,11,12)/b4-3+. The van der Waals surface area contributed by atoms with Crippen molar-refractivity contribution in [1.29, 1.82) is 0 Å². The first-order valence-corrected chi connectivity index (χ1v) is 3.95. The zero-order chi connectivity index (χ0) is 9.40. The van der Waals surface area contributed by atoms with Crippen molar-refractivity contribution in [3.8, 4) is 0 Å². The van der Waals surface area contributed by atoms with Crippen molar-refractivity contribution in [2.75, 3.05) is 13.1 Å². The third-order valence-corrected chi connectivity index (χ3v) is 1.37. The van der Waals surface area contributed by atoms with Crippen LogP contribution in [0.1, 0.15) is 13.3 Å². The van der Waals surface area contributed by atoms with Crippen LogP contribution < -0.4 is 5.32 Å². The largest absolute Gasteiger partial charge is 0.478 e.